The summed E-state index contributed by atoms with van der Waals surface area (Å²) in [7, 11) is 0. The maximum atomic E-state index is 12.2. The van der Waals surface area contributed by atoms with Crippen molar-refractivity contribution in [3.8, 4) is 11.5 Å². The molecular formula is C19H16ClN3O4S. The van der Waals surface area contributed by atoms with Crippen LogP contribution in [-0.2, 0) is 9.59 Å². The Morgan fingerprint density at radius 2 is 1.93 bits per heavy atom. The first-order valence-corrected chi connectivity index (χ1v) is 9.84. The van der Waals surface area contributed by atoms with Crippen molar-refractivity contribution in [2.45, 2.75) is 11.7 Å². The fourth-order valence-corrected chi connectivity index (χ4v) is 3.84. The van der Waals surface area contributed by atoms with Gasteiger partial charge in [-0.25, -0.2) is 4.99 Å². The van der Waals surface area contributed by atoms with E-state index in [0.29, 0.717) is 46.3 Å². The quantitative estimate of drug-likeness (QED) is 0.796. The van der Waals surface area contributed by atoms with E-state index in [-0.39, 0.29) is 18.2 Å². The molecule has 2 aromatic carbocycles. The maximum absolute atomic E-state index is 12.2. The first-order chi connectivity index (χ1) is 13.6. The molecule has 28 heavy (non-hydrogen) atoms. The molecule has 2 aromatic rings. The lowest BCUT2D eigenvalue weighted by Crippen LogP contribution is -2.28. The van der Waals surface area contributed by atoms with E-state index in [1.165, 1.54) is 11.8 Å². The van der Waals surface area contributed by atoms with E-state index in [0.717, 1.165) is 0 Å². The summed E-state index contributed by atoms with van der Waals surface area (Å²) in [4.78, 5) is 28.8. The first kappa shape index (κ1) is 18.6. The van der Waals surface area contributed by atoms with E-state index in [1.807, 2.05) is 0 Å². The number of carbonyl (C=O) groups excluding carboxylic acids is 2. The van der Waals surface area contributed by atoms with Crippen LogP contribution in [0.15, 0.2) is 47.5 Å². The Labute approximate surface area is 170 Å². The smallest absolute Gasteiger partial charge is 0.240 e. The normalized spacial score (nSPS) is 19.4. The van der Waals surface area contributed by atoms with E-state index < -0.39 is 5.25 Å². The third kappa shape index (κ3) is 4.40. The molecule has 1 saturated heterocycles. The minimum atomic E-state index is -0.539. The number of hydrogen-bond acceptors (Lipinski definition) is 6. The van der Waals surface area contributed by atoms with Crippen molar-refractivity contribution in [1.82, 2.24) is 5.32 Å². The molecule has 0 saturated carbocycles. The molecular weight excluding hydrogens is 402 g/mol. The standard InChI is InChI=1S/C19H16ClN3O4S/c20-11-1-3-12(4-2-11)21-17(24)10-16-18(25)23-19(28-16)22-13-5-6-14-15(9-13)27-8-7-26-14/h1-6,9,16H,7-8,10H2,(H,21,24)(H,22,23,25)/t16-/m0/s1. The van der Waals surface area contributed by atoms with Crippen molar-refractivity contribution in [3.05, 3.63) is 47.5 Å². The second kappa shape index (κ2) is 8.12. The van der Waals surface area contributed by atoms with E-state index >= 15 is 0 Å². The summed E-state index contributed by atoms with van der Waals surface area (Å²) in [5.74, 6) is 0.805. The number of benzene rings is 2. The molecule has 2 aliphatic rings. The highest BCUT2D eigenvalue weighted by Crippen LogP contribution is 2.34. The highest BCUT2D eigenvalue weighted by atomic mass is 35.5. The topological polar surface area (TPSA) is 89.0 Å². The van der Waals surface area contributed by atoms with Gasteiger partial charge in [-0.3, -0.25) is 9.59 Å². The fraction of sp³-hybridized carbons (Fsp3) is 0.211. The van der Waals surface area contributed by atoms with Gasteiger partial charge in [0, 0.05) is 23.2 Å². The number of nitrogens with zero attached hydrogens (tertiary/aromatic N) is 1. The van der Waals surface area contributed by atoms with Crippen LogP contribution in [0.1, 0.15) is 6.42 Å². The van der Waals surface area contributed by atoms with Crippen LogP contribution >= 0.6 is 23.4 Å². The predicted octanol–water partition coefficient (Wildman–Crippen LogP) is 3.36. The van der Waals surface area contributed by atoms with Crippen molar-refractivity contribution in [2.75, 3.05) is 18.5 Å². The lowest BCUT2D eigenvalue weighted by Gasteiger charge is -2.18. The molecule has 0 bridgehead atoms. The van der Waals surface area contributed by atoms with Gasteiger partial charge in [0.25, 0.3) is 0 Å². The van der Waals surface area contributed by atoms with E-state index in [4.69, 9.17) is 21.1 Å². The summed E-state index contributed by atoms with van der Waals surface area (Å²) in [5, 5.41) is 5.97. The number of ether oxygens (including phenoxy) is 2. The summed E-state index contributed by atoms with van der Waals surface area (Å²) < 4.78 is 11.0. The molecule has 0 aliphatic carbocycles. The Balaban J connectivity index is 1.38. The number of amides is 2. The second-order valence-electron chi connectivity index (χ2n) is 6.10. The van der Waals surface area contributed by atoms with Crippen LogP contribution in [0.2, 0.25) is 5.02 Å². The summed E-state index contributed by atoms with van der Waals surface area (Å²) in [6.45, 7) is 1.01. The molecule has 2 heterocycles. The molecule has 2 aliphatic heterocycles. The molecule has 2 amide bonds. The molecule has 144 valence electrons. The number of aliphatic imine (C=N–C) groups is 1. The van der Waals surface area contributed by atoms with Crippen molar-refractivity contribution in [2.24, 2.45) is 4.99 Å². The lowest BCUT2D eigenvalue weighted by molar-refractivity contribution is -0.122. The largest absolute Gasteiger partial charge is 0.486 e. The van der Waals surface area contributed by atoms with Crippen LogP contribution in [0.3, 0.4) is 0 Å². The SMILES string of the molecule is O=C(C[C@@H]1SC(=Nc2ccc3c(c2)OCCO3)NC1=O)Nc1ccc(Cl)cc1. The van der Waals surface area contributed by atoms with Crippen LogP contribution < -0.4 is 20.1 Å². The Bertz CT molecular complexity index is 949. The van der Waals surface area contributed by atoms with Gasteiger partial charge >= 0.3 is 0 Å². The second-order valence-corrected chi connectivity index (χ2v) is 7.73. The zero-order chi connectivity index (χ0) is 19.5. The maximum Gasteiger partial charge on any atom is 0.240 e. The first-order valence-electron chi connectivity index (χ1n) is 8.58. The molecule has 4 rings (SSSR count). The van der Waals surface area contributed by atoms with E-state index in [9.17, 15) is 9.59 Å². The molecule has 1 atom stereocenters. The number of nitrogens with one attached hydrogen (secondary N) is 2. The fourth-order valence-electron chi connectivity index (χ4n) is 2.72. The van der Waals surface area contributed by atoms with Gasteiger partial charge in [-0.1, -0.05) is 23.4 Å². The van der Waals surface area contributed by atoms with E-state index in [1.54, 1.807) is 42.5 Å². The predicted molar refractivity (Wildman–Crippen MR) is 109 cm³/mol. The molecule has 7 nitrogen and oxygen atoms in total. The Hall–Kier alpha value is -2.71. The number of anilines is 1. The number of fused-ring (bicyclic) bond motifs is 1. The number of halogens is 1. The summed E-state index contributed by atoms with van der Waals surface area (Å²) in [6, 6.07) is 12.1. The van der Waals surface area contributed by atoms with Gasteiger partial charge in [0.05, 0.1) is 5.69 Å². The van der Waals surface area contributed by atoms with Crippen LogP contribution in [0.5, 0.6) is 11.5 Å². The van der Waals surface area contributed by atoms with Gasteiger partial charge in [-0.2, -0.15) is 0 Å². The Morgan fingerprint density at radius 1 is 1.18 bits per heavy atom. The minimum absolute atomic E-state index is 0.0410. The molecule has 0 spiro atoms. The number of carbonyl (C=O) groups is 2. The van der Waals surface area contributed by atoms with Gasteiger partial charge in [0.15, 0.2) is 16.7 Å². The van der Waals surface area contributed by atoms with Gasteiger partial charge in [0.2, 0.25) is 11.8 Å². The average molecular weight is 418 g/mol. The van der Waals surface area contributed by atoms with Gasteiger partial charge in [-0.15, -0.1) is 0 Å². The molecule has 1 fully saturated rings. The zero-order valence-corrected chi connectivity index (χ0v) is 16.2. The van der Waals surface area contributed by atoms with Gasteiger partial charge in [-0.05, 0) is 36.4 Å². The summed E-state index contributed by atoms with van der Waals surface area (Å²) in [5.41, 5.74) is 1.27. The van der Waals surface area contributed by atoms with Crippen LogP contribution in [-0.4, -0.2) is 35.4 Å². The minimum Gasteiger partial charge on any atom is -0.486 e. The Morgan fingerprint density at radius 3 is 2.71 bits per heavy atom. The average Bonchev–Trinajstić information content (AvgIpc) is 3.02. The Kier molecular flexibility index (Phi) is 5.40. The van der Waals surface area contributed by atoms with Crippen molar-refractivity contribution in [1.29, 1.82) is 0 Å². The van der Waals surface area contributed by atoms with Gasteiger partial charge < -0.3 is 20.1 Å². The highest BCUT2D eigenvalue weighted by molar-refractivity contribution is 8.15. The number of hydrogen-bond donors (Lipinski definition) is 2. The molecule has 9 heteroatoms. The molecule has 2 N–H and O–H groups in total. The summed E-state index contributed by atoms with van der Waals surface area (Å²) >= 11 is 7.06. The van der Waals surface area contributed by atoms with Crippen LogP contribution in [0.25, 0.3) is 0 Å². The van der Waals surface area contributed by atoms with Crippen molar-refractivity contribution < 1.29 is 19.1 Å². The number of amidine groups is 1. The van der Waals surface area contributed by atoms with Gasteiger partial charge in [0.1, 0.15) is 18.5 Å². The van der Waals surface area contributed by atoms with Crippen LogP contribution in [0.4, 0.5) is 11.4 Å². The number of rotatable bonds is 4. The molecule has 0 unspecified atom stereocenters. The molecule has 0 aromatic heterocycles. The van der Waals surface area contributed by atoms with Crippen LogP contribution in [0, 0.1) is 0 Å². The lowest BCUT2D eigenvalue weighted by atomic mass is 10.2. The monoisotopic (exact) mass is 417 g/mol. The third-order valence-corrected chi connectivity index (χ3v) is 5.37. The highest BCUT2D eigenvalue weighted by Gasteiger charge is 2.32. The third-order valence-electron chi connectivity index (χ3n) is 4.03. The van der Waals surface area contributed by atoms with Crippen molar-refractivity contribution >= 4 is 51.7 Å². The van der Waals surface area contributed by atoms with E-state index in [2.05, 4.69) is 15.6 Å². The zero-order valence-electron chi connectivity index (χ0n) is 14.6. The number of thioether (sulfide) groups is 1. The van der Waals surface area contributed by atoms with Crippen molar-refractivity contribution in [3.63, 3.8) is 0 Å². The molecule has 0 radical (unpaired) electrons. The summed E-state index contributed by atoms with van der Waals surface area (Å²) in [6.07, 6.45) is 0.0410.